The number of anilines is 2. The fourth-order valence-corrected chi connectivity index (χ4v) is 1.76. The zero-order valence-electron chi connectivity index (χ0n) is 11.6. The third kappa shape index (κ3) is 3.39. The highest BCUT2D eigenvalue weighted by molar-refractivity contribution is 6.00. The maximum atomic E-state index is 11.8. The second-order valence-electron chi connectivity index (χ2n) is 4.70. The molecule has 1 aromatic carbocycles. The molecule has 0 aliphatic rings. The second kappa shape index (κ2) is 6.28. The first-order valence-corrected chi connectivity index (χ1v) is 6.37. The molecule has 1 rings (SSSR count). The van der Waals surface area contributed by atoms with E-state index in [4.69, 9.17) is 5.73 Å². The predicted molar refractivity (Wildman–Crippen MR) is 76.8 cm³/mol. The Balaban J connectivity index is 2.99. The Morgan fingerprint density at radius 3 is 2.61 bits per heavy atom. The van der Waals surface area contributed by atoms with E-state index in [1.54, 1.807) is 19.2 Å². The van der Waals surface area contributed by atoms with Crippen LogP contribution in [0.5, 0.6) is 0 Å². The molecule has 2 unspecified atom stereocenters. The van der Waals surface area contributed by atoms with Gasteiger partial charge < -0.3 is 16.4 Å². The van der Waals surface area contributed by atoms with Gasteiger partial charge >= 0.3 is 0 Å². The Labute approximate surface area is 109 Å². The van der Waals surface area contributed by atoms with Crippen molar-refractivity contribution in [3.63, 3.8) is 0 Å². The summed E-state index contributed by atoms with van der Waals surface area (Å²) >= 11 is 0. The SMILES string of the molecule is CCC(C)C(C)Nc1cc(N)ccc1C(=O)NC. The van der Waals surface area contributed by atoms with Crippen LogP contribution in [0.15, 0.2) is 18.2 Å². The van der Waals surface area contributed by atoms with Gasteiger partial charge in [-0.1, -0.05) is 20.3 Å². The van der Waals surface area contributed by atoms with Gasteiger partial charge in [-0.15, -0.1) is 0 Å². The third-order valence-corrected chi connectivity index (χ3v) is 3.40. The second-order valence-corrected chi connectivity index (χ2v) is 4.70. The fraction of sp³-hybridized carbons (Fsp3) is 0.500. The summed E-state index contributed by atoms with van der Waals surface area (Å²) in [4.78, 5) is 11.8. The number of nitrogens with one attached hydrogen (secondary N) is 2. The number of nitrogen functional groups attached to an aromatic ring is 1. The van der Waals surface area contributed by atoms with Gasteiger partial charge in [-0.2, -0.15) is 0 Å². The summed E-state index contributed by atoms with van der Waals surface area (Å²) in [6.45, 7) is 6.45. The standard InChI is InChI=1S/C14H23N3O/c1-5-9(2)10(3)17-13-8-11(15)6-7-12(13)14(18)16-4/h6-10,17H,5,15H2,1-4H3,(H,16,18). The average Bonchev–Trinajstić information content (AvgIpc) is 2.37. The zero-order valence-corrected chi connectivity index (χ0v) is 11.6. The quantitative estimate of drug-likeness (QED) is 0.702. The lowest BCUT2D eigenvalue weighted by Crippen LogP contribution is -2.26. The van der Waals surface area contributed by atoms with E-state index in [0.717, 1.165) is 12.1 Å². The highest BCUT2D eigenvalue weighted by Crippen LogP contribution is 2.22. The fourth-order valence-electron chi connectivity index (χ4n) is 1.76. The van der Waals surface area contributed by atoms with Gasteiger partial charge in [0.25, 0.3) is 5.91 Å². The first-order valence-electron chi connectivity index (χ1n) is 6.37. The summed E-state index contributed by atoms with van der Waals surface area (Å²) in [7, 11) is 1.63. The molecule has 0 aliphatic carbocycles. The average molecular weight is 249 g/mol. The molecule has 0 spiro atoms. The van der Waals surface area contributed by atoms with Crippen LogP contribution in [-0.4, -0.2) is 19.0 Å². The molecule has 0 radical (unpaired) electrons. The minimum Gasteiger partial charge on any atom is -0.399 e. The van der Waals surface area contributed by atoms with E-state index in [9.17, 15) is 4.79 Å². The monoisotopic (exact) mass is 249 g/mol. The van der Waals surface area contributed by atoms with Crippen LogP contribution >= 0.6 is 0 Å². The molecule has 100 valence electrons. The first-order chi connectivity index (χ1) is 8.49. The van der Waals surface area contributed by atoms with E-state index in [-0.39, 0.29) is 5.91 Å². The molecular weight excluding hydrogens is 226 g/mol. The first kappa shape index (κ1) is 14.4. The maximum Gasteiger partial charge on any atom is 0.253 e. The van der Waals surface area contributed by atoms with Crippen LogP contribution in [0, 0.1) is 5.92 Å². The lowest BCUT2D eigenvalue weighted by molar-refractivity contribution is 0.0964. The number of carbonyl (C=O) groups is 1. The highest BCUT2D eigenvalue weighted by Gasteiger charge is 2.15. The van der Waals surface area contributed by atoms with Crippen LogP contribution in [0.2, 0.25) is 0 Å². The summed E-state index contributed by atoms with van der Waals surface area (Å²) < 4.78 is 0. The van der Waals surface area contributed by atoms with Gasteiger partial charge in [-0.05, 0) is 31.0 Å². The zero-order chi connectivity index (χ0) is 13.7. The molecular formula is C14H23N3O. The molecule has 0 saturated carbocycles. The highest BCUT2D eigenvalue weighted by atomic mass is 16.1. The molecule has 0 aromatic heterocycles. The number of carbonyl (C=O) groups excluding carboxylic acids is 1. The minimum absolute atomic E-state index is 0.103. The number of hydrogen-bond donors (Lipinski definition) is 3. The summed E-state index contributed by atoms with van der Waals surface area (Å²) in [5, 5.41) is 6.01. The van der Waals surface area contributed by atoms with Gasteiger partial charge in [-0.25, -0.2) is 0 Å². The van der Waals surface area contributed by atoms with Gasteiger partial charge in [0, 0.05) is 24.5 Å². The molecule has 4 nitrogen and oxygen atoms in total. The van der Waals surface area contributed by atoms with Crippen molar-refractivity contribution in [3.8, 4) is 0 Å². The van der Waals surface area contributed by atoms with Crippen molar-refractivity contribution in [2.24, 2.45) is 5.92 Å². The van der Waals surface area contributed by atoms with E-state index in [1.165, 1.54) is 0 Å². The minimum atomic E-state index is -0.103. The van der Waals surface area contributed by atoms with Gasteiger partial charge in [0.15, 0.2) is 0 Å². The van der Waals surface area contributed by atoms with Gasteiger partial charge in [-0.3, -0.25) is 4.79 Å². The number of rotatable bonds is 5. The van der Waals surface area contributed by atoms with E-state index >= 15 is 0 Å². The lowest BCUT2D eigenvalue weighted by atomic mass is 10.00. The van der Waals surface area contributed by atoms with Crippen LogP contribution in [-0.2, 0) is 0 Å². The number of nitrogens with two attached hydrogens (primary N) is 1. The van der Waals surface area contributed by atoms with Gasteiger partial charge in [0.05, 0.1) is 5.56 Å². The summed E-state index contributed by atoms with van der Waals surface area (Å²) in [5.41, 5.74) is 7.86. The molecule has 4 heteroatoms. The van der Waals surface area contributed by atoms with Crippen LogP contribution in [0.25, 0.3) is 0 Å². The molecule has 1 aromatic rings. The number of amides is 1. The molecule has 0 saturated heterocycles. The molecule has 4 N–H and O–H groups in total. The Bertz CT molecular complexity index is 418. The summed E-state index contributed by atoms with van der Waals surface area (Å²) in [5.74, 6) is 0.429. The molecule has 0 heterocycles. The Morgan fingerprint density at radius 1 is 1.39 bits per heavy atom. The Kier molecular flexibility index (Phi) is 5.01. The number of benzene rings is 1. The van der Waals surface area contributed by atoms with Crippen molar-refractivity contribution < 1.29 is 4.79 Å². The number of hydrogen-bond acceptors (Lipinski definition) is 3. The summed E-state index contributed by atoms with van der Waals surface area (Å²) in [6.07, 6.45) is 1.09. The van der Waals surface area contributed by atoms with Crippen LogP contribution in [0.3, 0.4) is 0 Å². The van der Waals surface area contributed by atoms with Gasteiger partial charge in [0.1, 0.15) is 0 Å². The van der Waals surface area contributed by atoms with Crippen molar-refractivity contribution in [1.29, 1.82) is 0 Å². The van der Waals surface area contributed by atoms with E-state index in [0.29, 0.717) is 23.2 Å². The van der Waals surface area contributed by atoms with Crippen molar-refractivity contribution in [1.82, 2.24) is 5.32 Å². The lowest BCUT2D eigenvalue weighted by Gasteiger charge is -2.22. The normalized spacial score (nSPS) is 13.8. The van der Waals surface area contributed by atoms with Crippen LogP contribution < -0.4 is 16.4 Å². The smallest absolute Gasteiger partial charge is 0.253 e. The third-order valence-electron chi connectivity index (χ3n) is 3.40. The topological polar surface area (TPSA) is 67.1 Å². The Hall–Kier alpha value is -1.71. The van der Waals surface area contributed by atoms with Crippen molar-refractivity contribution in [2.75, 3.05) is 18.1 Å². The van der Waals surface area contributed by atoms with E-state index < -0.39 is 0 Å². The van der Waals surface area contributed by atoms with Crippen LogP contribution in [0.1, 0.15) is 37.6 Å². The van der Waals surface area contributed by atoms with Crippen molar-refractivity contribution in [3.05, 3.63) is 23.8 Å². The molecule has 1 amide bonds. The van der Waals surface area contributed by atoms with E-state index in [1.807, 2.05) is 6.07 Å². The Morgan fingerprint density at radius 2 is 2.06 bits per heavy atom. The van der Waals surface area contributed by atoms with E-state index in [2.05, 4.69) is 31.4 Å². The van der Waals surface area contributed by atoms with Crippen molar-refractivity contribution >= 4 is 17.3 Å². The molecule has 0 bridgehead atoms. The van der Waals surface area contributed by atoms with Gasteiger partial charge in [0.2, 0.25) is 0 Å². The molecule has 0 aliphatic heterocycles. The largest absolute Gasteiger partial charge is 0.399 e. The maximum absolute atomic E-state index is 11.8. The van der Waals surface area contributed by atoms with Crippen molar-refractivity contribution in [2.45, 2.75) is 33.2 Å². The summed E-state index contributed by atoms with van der Waals surface area (Å²) in [6, 6.07) is 5.59. The molecule has 2 atom stereocenters. The van der Waals surface area contributed by atoms with Crippen LogP contribution in [0.4, 0.5) is 11.4 Å². The molecule has 0 fully saturated rings. The predicted octanol–water partition coefficient (Wildman–Crippen LogP) is 2.47. The molecule has 18 heavy (non-hydrogen) atoms.